The van der Waals surface area contributed by atoms with Gasteiger partial charge in [-0.1, -0.05) is 63.9 Å². The lowest BCUT2D eigenvalue weighted by molar-refractivity contribution is 0.102. The first-order valence-electron chi connectivity index (χ1n) is 8.75. The number of carbonyl (C=O) groups is 1. The van der Waals surface area contributed by atoms with Crippen LogP contribution in [0.5, 0.6) is 0 Å². The Balaban J connectivity index is 1.83. The summed E-state index contributed by atoms with van der Waals surface area (Å²) in [5, 5.41) is 4.41. The molecule has 1 amide bonds. The second kappa shape index (κ2) is 7.74. The van der Waals surface area contributed by atoms with E-state index < -0.39 is 0 Å². The second-order valence-corrected chi connectivity index (χ2v) is 7.77. The summed E-state index contributed by atoms with van der Waals surface area (Å²) in [6, 6.07) is 22.8. The van der Waals surface area contributed by atoms with E-state index in [1.165, 1.54) is 0 Å². The summed E-state index contributed by atoms with van der Waals surface area (Å²) in [6.07, 6.45) is 0. The van der Waals surface area contributed by atoms with E-state index in [-0.39, 0.29) is 5.91 Å². The largest absolute Gasteiger partial charge is 0.322 e. The van der Waals surface area contributed by atoms with Crippen molar-refractivity contribution in [2.45, 2.75) is 6.92 Å². The molecule has 0 saturated heterocycles. The van der Waals surface area contributed by atoms with Crippen LogP contribution in [0.4, 0.5) is 5.69 Å². The van der Waals surface area contributed by atoms with Crippen LogP contribution in [0.25, 0.3) is 22.2 Å². The zero-order chi connectivity index (χ0) is 19.7. The zero-order valence-corrected chi connectivity index (χ0v) is 17.4. The fourth-order valence-corrected chi connectivity index (χ4v) is 3.67. The number of nitrogens with zero attached hydrogens (tertiary/aromatic N) is 1. The van der Waals surface area contributed by atoms with E-state index in [9.17, 15) is 4.79 Å². The molecular formula is C23H16BrClN2O. The highest BCUT2D eigenvalue weighted by molar-refractivity contribution is 9.10. The first kappa shape index (κ1) is 18.7. The van der Waals surface area contributed by atoms with Gasteiger partial charge < -0.3 is 5.32 Å². The van der Waals surface area contributed by atoms with Crippen molar-refractivity contribution in [3.05, 3.63) is 93.4 Å². The summed E-state index contributed by atoms with van der Waals surface area (Å²) in [5.74, 6) is -0.194. The van der Waals surface area contributed by atoms with Gasteiger partial charge in [-0.25, -0.2) is 4.98 Å². The van der Waals surface area contributed by atoms with Gasteiger partial charge in [0.25, 0.3) is 5.91 Å². The molecule has 1 N–H and O–H groups in total. The average Bonchev–Trinajstić information content (AvgIpc) is 2.70. The second-order valence-electron chi connectivity index (χ2n) is 6.45. The van der Waals surface area contributed by atoms with E-state index in [0.29, 0.717) is 16.3 Å². The molecule has 3 aromatic carbocycles. The van der Waals surface area contributed by atoms with Crippen LogP contribution in [-0.2, 0) is 0 Å². The molecule has 1 aromatic heterocycles. The van der Waals surface area contributed by atoms with E-state index in [1.807, 2.05) is 73.7 Å². The Morgan fingerprint density at radius 3 is 2.61 bits per heavy atom. The van der Waals surface area contributed by atoms with Crippen LogP contribution < -0.4 is 5.32 Å². The van der Waals surface area contributed by atoms with E-state index in [0.717, 1.165) is 32.2 Å². The van der Waals surface area contributed by atoms with Gasteiger partial charge >= 0.3 is 0 Å². The van der Waals surface area contributed by atoms with Crippen LogP contribution in [0.3, 0.4) is 0 Å². The van der Waals surface area contributed by atoms with Crippen molar-refractivity contribution in [1.29, 1.82) is 0 Å². The number of halogens is 2. The standard InChI is InChI=1S/C23H16BrClN2O/c1-14-19(25)9-5-11-20(14)27-23(28)18-13-22(15-6-4-7-16(24)12-15)26-21-10-3-2-8-17(18)21/h2-13H,1H3,(H,27,28). The lowest BCUT2D eigenvalue weighted by Gasteiger charge is -2.13. The Labute approximate surface area is 176 Å². The lowest BCUT2D eigenvalue weighted by atomic mass is 10.0. The number of amides is 1. The molecule has 0 spiro atoms. The van der Waals surface area contributed by atoms with Gasteiger partial charge in [0.05, 0.1) is 16.8 Å². The number of carbonyl (C=O) groups excluding carboxylic acids is 1. The smallest absolute Gasteiger partial charge is 0.256 e. The quantitative estimate of drug-likeness (QED) is 0.369. The van der Waals surface area contributed by atoms with Crippen LogP contribution in [0.15, 0.2) is 77.3 Å². The maximum atomic E-state index is 13.2. The highest BCUT2D eigenvalue weighted by atomic mass is 79.9. The molecule has 0 atom stereocenters. The number of hydrogen-bond donors (Lipinski definition) is 1. The van der Waals surface area contributed by atoms with Crippen molar-refractivity contribution in [3.63, 3.8) is 0 Å². The van der Waals surface area contributed by atoms with Gasteiger partial charge in [0.15, 0.2) is 0 Å². The molecule has 1 heterocycles. The average molecular weight is 452 g/mol. The molecule has 0 radical (unpaired) electrons. The first-order valence-corrected chi connectivity index (χ1v) is 9.92. The highest BCUT2D eigenvalue weighted by Gasteiger charge is 2.15. The van der Waals surface area contributed by atoms with Crippen LogP contribution >= 0.6 is 27.5 Å². The molecule has 0 unspecified atom stereocenters. The third-order valence-corrected chi connectivity index (χ3v) is 5.50. The third-order valence-electron chi connectivity index (χ3n) is 4.60. The van der Waals surface area contributed by atoms with Crippen molar-refractivity contribution in [1.82, 2.24) is 4.98 Å². The Morgan fingerprint density at radius 2 is 1.79 bits per heavy atom. The lowest BCUT2D eigenvalue weighted by Crippen LogP contribution is -2.14. The maximum Gasteiger partial charge on any atom is 0.256 e. The van der Waals surface area contributed by atoms with Gasteiger partial charge in [-0.3, -0.25) is 4.79 Å². The fraction of sp³-hybridized carbons (Fsp3) is 0.0435. The van der Waals surface area contributed by atoms with Crippen molar-refractivity contribution in [2.24, 2.45) is 0 Å². The number of para-hydroxylation sites is 1. The molecule has 3 nitrogen and oxygen atoms in total. The molecule has 28 heavy (non-hydrogen) atoms. The van der Waals surface area contributed by atoms with E-state index >= 15 is 0 Å². The number of pyridine rings is 1. The molecule has 0 bridgehead atoms. The molecule has 0 saturated carbocycles. The van der Waals surface area contributed by atoms with E-state index in [1.54, 1.807) is 6.07 Å². The number of fused-ring (bicyclic) bond motifs is 1. The Bertz CT molecular complexity index is 1210. The minimum atomic E-state index is -0.194. The third kappa shape index (κ3) is 3.66. The fourth-order valence-electron chi connectivity index (χ4n) is 3.09. The summed E-state index contributed by atoms with van der Waals surface area (Å²) in [5.41, 5.74) is 4.56. The first-order chi connectivity index (χ1) is 13.5. The monoisotopic (exact) mass is 450 g/mol. The highest BCUT2D eigenvalue weighted by Crippen LogP contribution is 2.28. The number of anilines is 1. The van der Waals surface area contributed by atoms with E-state index in [4.69, 9.17) is 16.6 Å². The van der Waals surface area contributed by atoms with Crippen molar-refractivity contribution < 1.29 is 4.79 Å². The molecule has 0 aliphatic heterocycles. The normalized spacial score (nSPS) is 10.8. The Hall–Kier alpha value is -2.69. The van der Waals surface area contributed by atoms with Gasteiger partial charge in [-0.2, -0.15) is 0 Å². The van der Waals surface area contributed by atoms with Gasteiger partial charge in [0.2, 0.25) is 0 Å². The maximum absolute atomic E-state index is 13.2. The number of rotatable bonds is 3. The van der Waals surface area contributed by atoms with Gasteiger partial charge in [-0.15, -0.1) is 0 Å². The molecule has 5 heteroatoms. The SMILES string of the molecule is Cc1c(Cl)cccc1NC(=O)c1cc(-c2cccc(Br)c2)nc2ccccc12. The molecule has 0 aliphatic carbocycles. The minimum absolute atomic E-state index is 0.194. The molecule has 138 valence electrons. The predicted molar refractivity (Wildman–Crippen MR) is 119 cm³/mol. The van der Waals surface area contributed by atoms with E-state index in [2.05, 4.69) is 21.2 Å². The van der Waals surface area contributed by atoms with Crippen LogP contribution in [0.2, 0.25) is 5.02 Å². The van der Waals surface area contributed by atoms with Gasteiger partial charge in [0, 0.05) is 26.1 Å². The predicted octanol–water partition coefficient (Wildman–Crippen LogP) is 6.88. The molecule has 0 fully saturated rings. The van der Waals surface area contributed by atoms with Gasteiger partial charge in [-0.05, 0) is 48.9 Å². The van der Waals surface area contributed by atoms with Crippen LogP contribution in [0.1, 0.15) is 15.9 Å². The molecule has 0 aliphatic rings. The zero-order valence-electron chi connectivity index (χ0n) is 15.0. The summed E-state index contributed by atoms with van der Waals surface area (Å²) < 4.78 is 0.959. The molecular weight excluding hydrogens is 436 g/mol. The minimum Gasteiger partial charge on any atom is -0.322 e. The number of benzene rings is 3. The van der Waals surface area contributed by atoms with Crippen molar-refractivity contribution >= 4 is 50.0 Å². The number of nitrogens with one attached hydrogen (secondary N) is 1. The van der Waals surface area contributed by atoms with Crippen molar-refractivity contribution in [3.8, 4) is 11.3 Å². The summed E-state index contributed by atoms with van der Waals surface area (Å²) in [6.45, 7) is 1.88. The number of aromatic nitrogens is 1. The molecule has 4 aromatic rings. The summed E-state index contributed by atoms with van der Waals surface area (Å²) in [7, 11) is 0. The Kier molecular flexibility index (Phi) is 5.16. The van der Waals surface area contributed by atoms with Gasteiger partial charge in [0.1, 0.15) is 0 Å². The van der Waals surface area contributed by atoms with Crippen LogP contribution in [-0.4, -0.2) is 10.9 Å². The van der Waals surface area contributed by atoms with Crippen LogP contribution in [0, 0.1) is 6.92 Å². The number of hydrogen-bond acceptors (Lipinski definition) is 2. The summed E-state index contributed by atoms with van der Waals surface area (Å²) in [4.78, 5) is 17.9. The van der Waals surface area contributed by atoms with Crippen molar-refractivity contribution in [2.75, 3.05) is 5.32 Å². The Morgan fingerprint density at radius 1 is 1.00 bits per heavy atom. The topological polar surface area (TPSA) is 42.0 Å². The summed E-state index contributed by atoms with van der Waals surface area (Å²) >= 11 is 9.69. The molecule has 4 rings (SSSR count).